The summed E-state index contributed by atoms with van der Waals surface area (Å²) in [5.74, 6) is 0.845. The molecule has 1 aromatic carbocycles. The number of benzene rings is 1. The lowest BCUT2D eigenvalue weighted by Gasteiger charge is -2.33. The second kappa shape index (κ2) is 11.8. The van der Waals surface area contributed by atoms with Crippen molar-refractivity contribution in [1.82, 2.24) is 15.6 Å². The van der Waals surface area contributed by atoms with Crippen LogP contribution in [0.3, 0.4) is 0 Å². The van der Waals surface area contributed by atoms with Gasteiger partial charge in [0.25, 0.3) is 0 Å². The molecule has 168 valence electrons. The van der Waals surface area contributed by atoms with Gasteiger partial charge in [0.05, 0.1) is 5.92 Å². The lowest BCUT2D eigenvalue weighted by Crippen LogP contribution is -2.42. The van der Waals surface area contributed by atoms with Gasteiger partial charge in [-0.15, -0.1) is 24.0 Å². The molecule has 1 aliphatic heterocycles. The quantitative estimate of drug-likeness (QED) is 0.298. The lowest BCUT2D eigenvalue weighted by molar-refractivity contribution is -0.122. The first-order chi connectivity index (χ1) is 14.5. The SMILES string of the molecule is CN=C(NCc1ccc(C)c(F)c1)NCc1cccnc1N1CCCC(C(N)=O)C1.I. The van der Waals surface area contributed by atoms with Crippen LogP contribution in [0.5, 0.6) is 0 Å². The number of carbonyl (C=O) groups is 1. The van der Waals surface area contributed by atoms with Crippen LogP contribution in [0.15, 0.2) is 41.5 Å². The Morgan fingerprint density at radius 1 is 1.32 bits per heavy atom. The zero-order valence-corrected chi connectivity index (χ0v) is 20.2. The maximum absolute atomic E-state index is 13.7. The van der Waals surface area contributed by atoms with Gasteiger partial charge in [0, 0.05) is 45.0 Å². The fraction of sp³-hybridized carbons (Fsp3) is 0.409. The Balaban J connectivity index is 0.00000341. The maximum Gasteiger partial charge on any atom is 0.222 e. The first-order valence-electron chi connectivity index (χ1n) is 10.2. The number of nitrogens with two attached hydrogens (primary N) is 1. The molecule has 1 saturated heterocycles. The van der Waals surface area contributed by atoms with Crippen molar-refractivity contribution < 1.29 is 9.18 Å². The Kier molecular flexibility index (Phi) is 9.47. The predicted molar refractivity (Wildman–Crippen MR) is 132 cm³/mol. The highest BCUT2D eigenvalue weighted by atomic mass is 127. The van der Waals surface area contributed by atoms with E-state index in [1.807, 2.05) is 18.2 Å². The number of aryl methyl sites for hydroxylation is 1. The smallest absolute Gasteiger partial charge is 0.222 e. The van der Waals surface area contributed by atoms with E-state index in [0.717, 1.165) is 36.3 Å². The normalized spacial score (nSPS) is 16.4. The summed E-state index contributed by atoms with van der Waals surface area (Å²) in [5.41, 5.74) is 7.99. The molecule has 1 amide bonds. The highest BCUT2D eigenvalue weighted by Gasteiger charge is 2.25. The number of aromatic nitrogens is 1. The van der Waals surface area contributed by atoms with Crippen molar-refractivity contribution in [3.63, 3.8) is 0 Å². The van der Waals surface area contributed by atoms with Crippen LogP contribution in [-0.4, -0.2) is 37.0 Å². The zero-order valence-electron chi connectivity index (χ0n) is 17.9. The van der Waals surface area contributed by atoms with Crippen molar-refractivity contribution in [1.29, 1.82) is 0 Å². The number of anilines is 1. The number of primary amides is 1. The van der Waals surface area contributed by atoms with Gasteiger partial charge >= 0.3 is 0 Å². The minimum atomic E-state index is -0.257. The van der Waals surface area contributed by atoms with Crippen molar-refractivity contribution in [2.45, 2.75) is 32.9 Å². The molecular formula is C22H30FIN6O. The Bertz CT molecular complexity index is 923. The summed E-state index contributed by atoms with van der Waals surface area (Å²) in [6, 6.07) is 9.08. The van der Waals surface area contributed by atoms with E-state index in [1.54, 1.807) is 26.2 Å². The molecule has 2 heterocycles. The molecule has 0 spiro atoms. The number of guanidine groups is 1. The number of rotatable bonds is 6. The molecule has 7 nitrogen and oxygen atoms in total. The lowest BCUT2D eigenvalue weighted by atomic mass is 9.97. The van der Waals surface area contributed by atoms with Gasteiger partial charge in [-0.25, -0.2) is 9.37 Å². The third-order valence-electron chi connectivity index (χ3n) is 5.36. The second-order valence-corrected chi connectivity index (χ2v) is 7.54. The average Bonchev–Trinajstić information content (AvgIpc) is 2.76. The van der Waals surface area contributed by atoms with Crippen LogP contribution in [0.25, 0.3) is 0 Å². The summed E-state index contributed by atoms with van der Waals surface area (Å²) < 4.78 is 13.7. The number of hydrogen-bond donors (Lipinski definition) is 3. The van der Waals surface area contributed by atoms with E-state index in [-0.39, 0.29) is 41.6 Å². The van der Waals surface area contributed by atoms with Gasteiger partial charge in [-0.05, 0) is 43.0 Å². The van der Waals surface area contributed by atoms with E-state index in [1.165, 1.54) is 6.07 Å². The fourth-order valence-corrected chi connectivity index (χ4v) is 3.59. The molecule has 0 saturated carbocycles. The molecular weight excluding hydrogens is 510 g/mol. The predicted octanol–water partition coefficient (Wildman–Crippen LogP) is 2.71. The van der Waals surface area contributed by atoms with Gasteiger partial charge in [-0.2, -0.15) is 0 Å². The monoisotopic (exact) mass is 540 g/mol. The van der Waals surface area contributed by atoms with Gasteiger partial charge in [0.2, 0.25) is 5.91 Å². The Hall–Kier alpha value is -2.43. The van der Waals surface area contributed by atoms with E-state index in [9.17, 15) is 9.18 Å². The molecule has 1 unspecified atom stereocenters. The Labute approximate surface area is 199 Å². The highest BCUT2D eigenvalue weighted by Crippen LogP contribution is 2.24. The third-order valence-corrected chi connectivity index (χ3v) is 5.36. The number of piperidine rings is 1. The van der Waals surface area contributed by atoms with Gasteiger partial charge in [0.1, 0.15) is 11.6 Å². The summed E-state index contributed by atoms with van der Waals surface area (Å²) in [6.45, 7) is 4.16. The van der Waals surface area contributed by atoms with E-state index in [2.05, 4.69) is 25.5 Å². The molecule has 0 aliphatic carbocycles. The molecule has 1 atom stereocenters. The number of pyridine rings is 1. The van der Waals surface area contributed by atoms with E-state index < -0.39 is 0 Å². The number of nitrogens with zero attached hydrogens (tertiary/aromatic N) is 3. The molecule has 9 heteroatoms. The van der Waals surface area contributed by atoms with Crippen LogP contribution in [0.4, 0.5) is 10.2 Å². The van der Waals surface area contributed by atoms with Crippen molar-refractivity contribution in [3.05, 3.63) is 59.0 Å². The number of hydrogen-bond acceptors (Lipinski definition) is 4. The van der Waals surface area contributed by atoms with E-state index >= 15 is 0 Å². The van der Waals surface area contributed by atoms with E-state index in [0.29, 0.717) is 31.2 Å². The van der Waals surface area contributed by atoms with Gasteiger partial charge in [-0.1, -0.05) is 18.2 Å². The molecule has 0 radical (unpaired) electrons. The minimum Gasteiger partial charge on any atom is -0.369 e. The van der Waals surface area contributed by atoms with Crippen LogP contribution >= 0.6 is 24.0 Å². The summed E-state index contributed by atoms with van der Waals surface area (Å²) >= 11 is 0. The van der Waals surface area contributed by atoms with Crippen molar-refractivity contribution in [3.8, 4) is 0 Å². The van der Waals surface area contributed by atoms with Crippen LogP contribution in [0.1, 0.15) is 29.5 Å². The Morgan fingerprint density at radius 2 is 2.10 bits per heavy atom. The van der Waals surface area contributed by atoms with Crippen LogP contribution in [0, 0.1) is 18.7 Å². The standard InChI is InChI=1S/C22H29FN6O.HI/c1-15-7-8-16(11-19(15)23)12-27-22(25-2)28-13-17-5-3-9-26-21(17)29-10-4-6-18(14-29)20(24)30;/h3,5,7-9,11,18H,4,6,10,12-14H2,1-2H3,(H2,24,30)(H2,25,27,28);1H. The van der Waals surface area contributed by atoms with Crippen molar-refractivity contribution in [2.75, 3.05) is 25.0 Å². The van der Waals surface area contributed by atoms with Crippen LogP contribution in [-0.2, 0) is 17.9 Å². The van der Waals surface area contributed by atoms with E-state index in [4.69, 9.17) is 5.73 Å². The molecule has 2 aromatic rings. The van der Waals surface area contributed by atoms with Gasteiger partial charge in [-0.3, -0.25) is 9.79 Å². The third kappa shape index (κ3) is 6.78. The first-order valence-corrected chi connectivity index (χ1v) is 10.2. The average molecular weight is 540 g/mol. The molecule has 1 aromatic heterocycles. The number of aliphatic imine (C=N–C) groups is 1. The largest absolute Gasteiger partial charge is 0.369 e. The summed E-state index contributed by atoms with van der Waals surface area (Å²) in [7, 11) is 1.69. The topological polar surface area (TPSA) is 95.6 Å². The summed E-state index contributed by atoms with van der Waals surface area (Å²) in [5, 5.41) is 6.48. The van der Waals surface area contributed by atoms with Crippen molar-refractivity contribution in [2.24, 2.45) is 16.6 Å². The molecule has 3 rings (SSSR count). The minimum absolute atomic E-state index is 0. The second-order valence-electron chi connectivity index (χ2n) is 7.54. The molecule has 0 bridgehead atoms. The molecule has 31 heavy (non-hydrogen) atoms. The summed E-state index contributed by atoms with van der Waals surface area (Å²) in [6.07, 6.45) is 3.49. The zero-order chi connectivity index (χ0) is 21.5. The van der Waals surface area contributed by atoms with Crippen molar-refractivity contribution >= 4 is 41.7 Å². The van der Waals surface area contributed by atoms with Gasteiger partial charge in [0.15, 0.2) is 5.96 Å². The Morgan fingerprint density at radius 3 is 2.81 bits per heavy atom. The van der Waals surface area contributed by atoms with Crippen LogP contribution < -0.4 is 21.3 Å². The number of nitrogens with one attached hydrogen (secondary N) is 2. The number of amides is 1. The maximum atomic E-state index is 13.7. The number of halogens is 2. The van der Waals surface area contributed by atoms with Gasteiger partial charge < -0.3 is 21.3 Å². The molecule has 4 N–H and O–H groups in total. The number of carbonyl (C=O) groups excluding carboxylic acids is 1. The first kappa shape index (κ1) is 24.8. The molecule has 1 fully saturated rings. The highest BCUT2D eigenvalue weighted by molar-refractivity contribution is 14.0. The fourth-order valence-electron chi connectivity index (χ4n) is 3.59. The molecule has 1 aliphatic rings. The summed E-state index contributed by atoms with van der Waals surface area (Å²) in [4.78, 5) is 22.5. The van der Waals surface area contributed by atoms with Crippen LogP contribution in [0.2, 0.25) is 0 Å².